The van der Waals surface area contributed by atoms with Gasteiger partial charge in [0.15, 0.2) is 0 Å². The quantitative estimate of drug-likeness (QED) is 0.698. The number of piperazine rings is 1. The molecule has 2 heterocycles. The van der Waals surface area contributed by atoms with Crippen LogP contribution in [-0.4, -0.2) is 58.8 Å². The average Bonchev–Trinajstić information content (AvgIpc) is 3.10. The lowest BCUT2D eigenvalue weighted by atomic mass is 10.0. The summed E-state index contributed by atoms with van der Waals surface area (Å²) in [5, 5.41) is 6.73. The molecule has 2 amide bonds. The van der Waals surface area contributed by atoms with Crippen molar-refractivity contribution in [1.29, 1.82) is 0 Å². The Bertz CT molecular complexity index is 910. The average molecular weight is 469 g/mol. The van der Waals surface area contributed by atoms with Gasteiger partial charge in [0.2, 0.25) is 5.91 Å². The Morgan fingerprint density at radius 1 is 1.20 bits per heavy atom. The van der Waals surface area contributed by atoms with Gasteiger partial charge >= 0.3 is 0 Å². The van der Waals surface area contributed by atoms with Crippen LogP contribution in [0.1, 0.15) is 34.9 Å². The van der Waals surface area contributed by atoms with E-state index in [1.165, 1.54) is 6.07 Å². The van der Waals surface area contributed by atoms with Crippen molar-refractivity contribution in [2.75, 3.05) is 26.2 Å². The normalized spacial score (nSPS) is 16.0. The summed E-state index contributed by atoms with van der Waals surface area (Å²) in [5.74, 6) is -0.489. The minimum absolute atomic E-state index is 0.0523. The zero-order valence-corrected chi connectivity index (χ0v) is 19.7. The number of rotatable bonds is 6. The van der Waals surface area contributed by atoms with Crippen molar-refractivity contribution in [3.05, 3.63) is 49.9 Å². The topological polar surface area (TPSA) is 65.5 Å². The highest BCUT2D eigenvalue weighted by Gasteiger charge is 2.31. The van der Waals surface area contributed by atoms with Crippen molar-refractivity contribution >= 4 is 46.4 Å². The molecule has 0 saturated carbocycles. The first-order valence-electron chi connectivity index (χ1n) is 9.92. The highest BCUT2D eigenvalue weighted by Crippen LogP contribution is 2.21. The third-order valence-electron chi connectivity index (χ3n) is 5.13. The zero-order valence-electron chi connectivity index (χ0n) is 17.3. The number of halogens is 2. The van der Waals surface area contributed by atoms with Crippen LogP contribution in [0, 0.1) is 12.8 Å². The second-order valence-electron chi connectivity index (χ2n) is 7.78. The van der Waals surface area contributed by atoms with Crippen LogP contribution in [0.15, 0.2) is 23.6 Å². The van der Waals surface area contributed by atoms with Crippen LogP contribution < -0.4 is 5.32 Å². The van der Waals surface area contributed by atoms with Gasteiger partial charge in [-0.1, -0.05) is 37.0 Å². The fraction of sp³-hybridized carbons (Fsp3) is 0.476. The molecule has 2 aromatic rings. The van der Waals surface area contributed by atoms with E-state index >= 15 is 0 Å². The van der Waals surface area contributed by atoms with Crippen molar-refractivity contribution in [2.24, 2.45) is 5.92 Å². The smallest absolute Gasteiger partial charge is 0.253 e. The van der Waals surface area contributed by atoms with Crippen LogP contribution in [0.4, 0.5) is 0 Å². The van der Waals surface area contributed by atoms with Gasteiger partial charge in [-0.05, 0) is 31.0 Å². The fourth-order valence-corrected chi connectivity index (χ4v) is 4.54. The number of carbonyl (C=O) groups is 2. The summed E-state index contributed by atoms with van der Waals surface area (Å²) in [7, 11) is 0. The number of hydrogen-bond acceptors (Lipinski definition) is 5. The Balaban J connectivity index is 1.59. The Morgan fingerprint density at radius 3 is 2.47 bits per heavy atom. The van der Waals surface area contributed by atoms with E-state index in [0.29, 0.717) is 23.7 Å². The van der Waals surface area contributed by atoms with E-state index in [0.717, 1.165) is 30.3 Å². The largest absolute Gasteiger partial charge is 0.340 e. The van der Waals surface area contributed by atoms with Gasteiger partial charge in [0.25, 0.3) is 5.91 Å². The predicted molar refractivity (Wildman–Crippen MR) is 121 cm³/mol. The van der Waals surface area contributed by atoms with Gasteiger partial charge in [-0.3, -0.25) is 14.5 Å². The van der Waals surface area contributed by atoms with E-state index in [1.807, 2.05) is 25.7 Å². The molecule has 1 fully saturated rings. The molecule has 1 atom stereocenters. The lowest BCUT2D eigenvalue weighted by Crippen LogP contribution is -2.56. The molecule has 0 spiro atoms. The van der Waals surface area contributed by atoms with Crippen molar-refractivity contribution in [3.8, 4) is 0 Å². The van der Waals surface area contributed by atoms with E-state index in [9.17, 15) is 9.59 Å². The number of aryl methyl sites for hydroxylation is 1. The van der Waals surface area contributed by atoms with Gasteiger partial charge in [-0.2, -0.15) is 0 Å². The molecule has 1 aliphatic rings. The highest BCUT2D eigenvalue weighted by molar-refractivity contribution is 7.09. The molecular weight excluding hydrogens is 443 g/mol. The van der Waals surface area contributed by atoms with E-state index in [4.69, 9.17) is 23.2 Å². The lowest BCUT2D eigenvalue weighted by Gasteiger charge is -2.37. The van der Waals surface area contributed by atoms with Gasteiger partial charge in [0.1, 0.15) is 6.04 Å². The number of benzene rings is 1. The van der Waals surface area contributed by atoms with Gasteiger partial charge in [0, 0.05) is 43.1 Å². The second-order valence-corrected chi connectivity index (χ2v) is 9.68. The first-order chi connectivity index (χ1) is 14.2. The summed E-state index contributed by atoms with van der Waals surface area (Å²) in [6.45, 7) is 9.47. The number of amides is 2. The van der Waals surface area contributed by atoms with Crippen LogP contribution in [0.5, 0.6) is 0 Å². The van der Waals surface area contributed by atoms with E-state index in [2.05, 4.69) is 20.6 Å². The van der Waals surface area contributed by atoms with Crippen LogP contribution in [0.25, 0.3) is 0 Å². The monoisotopic (exact) mass is 468 g/mol. The number of nitrogens with one attached hydrogen (secondary N) is 1. The lowest BCUT2D eigenvalue weighted by molar-refractivity contribution is -0.136. The van der Waals surface area contributed by atoms with Crippen molar-refractivity contribution in [2.45, 2.75) is 33.4 Å². The summed E-state index contributed by atoms with van der Waals surface area (Å²) in [6, 6.07) is 4.09. The summed E-state index contributed by atoms with van der Waals surface area (Å²) < 4.78 is 0. The maximum absolute atomic E-state index is 13.1. The second kappa shape index (κ2) is 10.1. The van der Waals surface area contributed by atoms with Crippen molar-refractivity contribution in [3.63, 3.8) is 0 Å². The molecule has 1 saturated heterocycles. The number of hydrogen-bond donors (Lipinski definition) is 1. The number of aromatic nitrogens is 1. The third kappa shape index (κ3) is 5.72. The molecule has 0 aliphatic carbocycles. The first kappa shape index (κ1) is 23.0. The molecule has 0 unspecified atom stereocenters. The number of carbonyl (C=O) groups excluding carboxylic acids is 2. The Hall–Kier alpha value is -1.67. The molecule has 1 N–H and O–H groups in total. The minimum Gasteiger partial charge on any atom is -0.340 e. The van der Waals surface area contributed by atoms with Crippen LogP contribution in [0.3, 0.4) is 0 Å². The van der Waals surface area contributed by atoms with Crippen molar-refractivity contribution in [1.82, 2.24) is 20.1 Å². The predicted octanol–water partition coefficient (Wildman–Crippen LogP) is 3.86. The molecular formula is C21H26Cl2N4O2S. The van der Waals surface area contributed by atoms with Gasteiger partial charge < -0.3 is 10.2 Å². The van der Waals surface area contributed by atoms with E-state index in [-0.39, 0.29) is 22.8 Å². The molecule has 1 aliphatic heterocycles. The summed E-state index contributed by atoms with van der Waals surface area (Å²) >= 11 is 13.7. The first-order valence-corrected chi connectivity index (χ1v) is 11.6. The molecule has 1 aromatic heterocycles. The molecule has 3 rings (SSSR count). The van der Waals surface area contributed by atoms with Gasteiger partial charge in [0.05, 0.1) is 21.3 Å². The summed E-state index contributed by atoms with van der Waals surface area (Å²) in [4.78, 5) is 34.5. The van der Waals surface area contributed by atoms with Gasteiger partial charge in [-0.15, -0.1) is 11.3 Å². The maximum atomic E-state index is 13.1. The molecule has 30 heavy (non-hydrogen) atoms. The standard InChI is InChI=1S/C21H26Cl2N4O2S/c1-13(2)19(25-20(28)17-5-4-15(22)10-18(17)23)21(29)27-8-6-26(7-9-27)11-16-12-30-14(3)24-16/h4-5,10,12-13,19H,6-9,11H2,1-3H3,(H,25,28)/t19-/m1/s1. The molecule has 9 heteroatoms. The number of nitrogens with zero attached hydrogens (tertiary/aromatic N) is 3. The zero-order chi connectivity index (χ0) is 21.8. The molecule has 0 bridgehead atoms. The molecule has 1 aromatic carbocycles. The number of thiazole rings is 1. The third-order valence-corrected chi connectivity index (χ3v) is 6.50. The van der Waals surface area contributed by atoms with Crippen LogP contribution in [-0.2, 0) is 11.3 Å². The molecule has 162 valence electrons. The van der Waals surface area contributed by atoms with E-state index in [1.54, 1.807) is 23.5 Å². The van der Waals surface area contributed by atoms with Crippen LogP contribution >= 0.6 is 34.5 Å². The Labute approximate surface area is 191 Å². The SMILES string of the molecule is Cc1nc(CN2CCN(C(=O)[C@H](NC(=O)c3ccc(Cl)cc3Cl)C(C)C)CC2)cs1. The van der Waals surface area contributed by atoms with E-state index < -0.39 is 6.04 Å². The minimum atomic E-state index is -0.614. The highest BCUT2D eigenvalue weighted by atomic mass is 35.5. The summed E-state index contributed by atoms with van der Waals surface area (Å²) in [6.07, 6.45) is 0. The van der Waals surface area contributed by atoms with Gasteiger partial charge in [-0.25, -0.2) is 4.98 Å². The van der Waals surface area contributed by atoms with Crippen molar-refractivity contribution < 1.29 is 9.59 Å². The Kier molecular flexibility index (Phi) is 7.74. The fourth-order valence-electron chi connectivity index (χ4n) is 3.44. The summed E-state index contributed by atoms with van der Waals surface area (Å²) in [5.41, 5.74) is 1.38. The Morgan fingerprint density at radius 2 is 1.90 bits per heavy atom. The van der Waals surface area contributed by atoms with Crippen LogP contribution in [0.2, 0.25) is 10.0 Å². The maximum Gasteiger partial charge on any atom is 0.253 e. The molecule has 0 radical (unpaired) electrons. The molecule has 6 nitrogen and oxygen atoms in total.